The van der Waals surface area contributed by atoms with Crippen LogP contribution < -0.4 is 5.73 Å². The summed E-state index contributed by atoms with van der Waals surface area (Å²) < 4.78 is 4.49. The minimum absolute atomic E-state index is 0.512. The van der Waals surface area contributed by atoms with Gasteiger partial charge in [0, 0.05) is 0 Å². The third kappa shape index (κ3) is 3.29. The van der Waals surface area contributed by atoms with Gasteiger partial charge in [-0.05, 0) is 13.3 Å². The smallest absolute Gasteiger partial charge is 0.404 e. The maximum Gasteiger partial charge on any atom is 0.404 e. The van der Waals surface area contributed by atoms with Gasteiger partial charge in [0.05, 0.1) is 6.10 Å². The number of ether oxygens (including phenoxy) is 1. The summed E-state index contributed by atoms with van der Waals surface area (Å²) in [4.78, 5) is 10.1. The fraction of sp³-hybridized carbons (Fsp3) is 0.833. The van der Waals surface area contributed by atoms with Crippen LogP contribution in [0.4, 0.5) is 4.79 Å². The molecule has 10 heavy (non-hydrogen) atoms. The molecular formula is C6H13NO3. The van der Waals surface area contributed by atoms with Crippen LogP contribution in [0, 0.1) is 0 Å². The van der Waals surface area contributed by atoms with Gasteiger partial charge in [0.2, 0.25) is 0 Å². The number of hydrogen-bond acceptors (Lipinski definition) is 3. The van der Waals surface area contributed by atoms with E-state index in [4.69, 9.17) is 10.8 Å². The van der Waals surface area contributed by atoms with Crippen molar-refractivity contribution in [2.45, 2.75) is 32.5 Å². The molecule has 0 heterocycles. The number of amides is 1. The Morgan fingerprint density at radius 1 is 1.80 bits per heavy atom. The lowest BCUT2D eigenvalue weighted by atomic mass is 10.2. The van der Waals surface area contributed by atoms with E-state index in [-0.39, 0.29) is 0 Å². The molecule has 0 bridgehead atoms. The number of aliphatic hydroxyl groups excluding tert-OH is 1. The maximum atomic E-state index is 10.1. The van der Waals surface area contributed by atoms with Crippen LogP contribution in [0.5, 0.6) is 0 Å². The second-order valence-electron chi connectivity index (χ2n) is 2.12. The SMILES string of the molecule is CCC(O)C(C)OC(N)=O. The average molecular weight is 147 g/mol. The van der Waals surface area contributed by atoms with Gasteiger partial charge in [-0.1, -0.05) is 6.92 Å². The molecule has 0 saturated heterocycles. The molecule has 0 saturated carbocycles. The number of carbonyl (C=O) groups excluding carboxylic acids is 1. The summed E-state index contributed by atoms with van der Waals surface area (Å²) in [5.74, 6) is 0. The summed E-state index contributed by atoms with van der Waals surface area (Å²) in [6.45, 7) is 3.39. The van der Waals surface area contributed by atoms with Gasteiger partial charge in [-0.2, -0.15) is 0 Å². The van der Waals surface area contributed by atoms with Crippen molar-refractivity contribution in [1.29, 1.82) is 0 Å². The van der Waals surface area contributed by atoms with E-state index < -0.39 is 18.3 Å². The summed E-state index contributed by atoms with van der Waals surface area (Å²) in [6, 6.07) is 0. The zero-order valence-corrected chi connectivity index (χ0v) is 6.20. The molecule has 0 aliphatic heterocycles. The molecule has 0 aliphatic rings. The monoisotopic (exact) mass is 147 g/mol. The van der Waals surface area contributed by atoms with Gasteiger partial charge >= 0.3 is 6.09 Å². The molecule has 4 nitrogen and oxygen atoms in total. The molecule has 1 amide bonds. The number of primary amides is 1. The minimum Gasteiger partial charge on any atom is -0.444 e. The zero-order chi connectivity index (χ0) is 8.15. The van der Waals surface area contributed by atoms with E-state index in [9.17, 15) is 4.79 Å². The molecular weight excluding hydrogens is 134 g/mol. The van der Waals surface area contributed by atoms with Gasteiger partial charge in [-0.3, -0.25) is 0 Å². The fourth-order valence-electron chi connectivity index (χ4n) is 0.594. The first kappa shape index (κ1) is 9.23. The molecule has 0 aromatic rings. The summed E-state index contributed by atoms with van der Waals surface area (Å²) >= 11 is 0. The number of carbonyl (C=O) groups is 1. The van der Waals surface area contributed by atoms with E-state index in [0.717, 1.165) is 0 Å². The lowest BCUT2D eigenvalue weighted by Crippen LogP contribution is -2.30. The second-order valence-corrected chi connectivity index (χ2v) is 2.12. The number of nitrogens with two attached hydrogens (primary N) is 1. The highest BCUT2D eigenvalue weighted by molar-refractivity contribution is 5.64. The van der Waals surface area contributed by atoms with Crippen molar-refractivity contribution in [3.05, 3.63) is 0 Å². The Balaban J connectivity index is 3.61. The van der Waals surface area contributed by atoms with E-state index in [0.29, 0.717) is 6.42 Å². The molecule has 0 aromatic carbocycles. The summed E-state index contributed by atoms with van der Waals surface area (Å²) in [5.41, 5.74) is 4.71. The van der Waals surface area contributed by atoms with Gasteiger partial charge < -0.3 is 15.6 Å². The molecule has 0 radical (unpaired) electrons. The largest absolute Gasteiger partial charge is 0.444 e. The quantitative estimate of drug-likeness (QED) is 0.600. The standard InChI is InChI=1S/C6H13NO3/c1-3-5(8)4(2)10-6(7)9/h4-5,8H,3H2,1-2H3,(H2,7,9). The highest BCUT2D eigenvalue weighted by Crippen LogP contribution is 2.01. The van der Waals surface area contributed by atoms with Crippen LogP contribution in [0.1, 0.15) is 20.3 Å². The second kappa shape index (κ2) is 4.11. The van der Waals surface area contributed by atoms with Gasteiger partial charge in [0.25, 0.3) is 0 Å². The first-order chi connectivity index (χ1) is 4.57. The molecule has 0 spiro atoms. The normalized spacial score (nSPS) is 15.9. The molecule has 2 unspecified atom stereocenters. The van der Waals surface area contributed by atoms with Crippen molar-refractivity contribution < 1.29 is 14.6 Å². The van der Waals surface area contributed by atoms with Gasteiger partial charge in [-0.15, -0.1) is 0 Å². The summed E-state index contributed by atoms with van der Waals surface area (Å²) in [7, 11) is 0. The Morgan fingerprint density at radius 3 is 2.60 bits per heavy atom. The molecule has 0 aromatic heterocycles. The third-order valence-electron chi connectivity index (χ3n) is 1.26. The van der Waals surface area contributed by atoms with E-state index in [1.807, 2.05) is 0 Å². The first-order valence-electron chi connectivity index (χ1n) is 3.22. The predicted octanol–water partition coefficient (Wildman–Crippen LogP) is 0.241. The van der Waals surface area contributed by atoms with Crippen molar-refractivity contribution in [3.8, 4) is 0 Å². The third-order valence-corrected chi connectivity index (χ3v) is 1.26. The molecule has 0 aliphatic carbocycles. The van der Waals surface area contributed by atoms with Crippen LogP contribution in [0.3, 0.4) is 0 Å². The van der Waals surface area contributed by atoms with Crippen molar-refractivity contribution in [2.75, 3.05) is 0 Å². The Kier molecular flexibility index (Phi) is 3.79. The van der Waals surface area contributed by atoms with Crippen molar-refractivity contribution >= 4 is 6.09 Å². The fourth-order valence-corrected chi connectivity index (χ4v) is 0.594. The van der Waals surface area contributed by atoms with E-state index in [1.54, 1.807) is 13.8 Å². The van der Waals surface area contributed by atoms with Crippen molar-refractivity contribution in [3.63, 3.8) is 0 Å². The van der Waals surface area contributed by atoms with Crippen LogP contribution in [-0.2, 0) is 4.74 Å². The van der Waals surface area contributed by atoms with Gasteiger partial charge in [0.15, 0.2) is 0 Å². The predicted molar refractivity (Wildman–Crippen MR) is 36.4 cm³/mol. The Morgan fingerprint density at radius 2 is 2.30 bits per heavy atom. The summed E-state index contributed by atoms with van der Waals surface area (Å²) in [5, 5.41) is 9.04. The minimum atomic E-state index is -0.847. The molecule has 0 rings (SSSR count). The van der Waals surface area contributed by atoms with Crippen LogP contribution in [0.25, 0.3) is 0 Å². The Hall–Kier alpha value is -0.770. The number of hydrogen-bond donors (Lipinski definition) is 2. The summed E-state index contributed by atoms with van der Waals surface area (Å²) in [6.07, 6.45) is -1.43. The highest BCUT2D eigenvalue weighted by Gasteiger charge is 2.14. The van der Waals surface area contributed by atoms with Crippen LogP contribution in [0.15, 0.2) is 0 Å². The molecule has 60 valence electrons. The van der Waals surface area contributed by atoms with E-state index in [2.05, 4.69) is 4.74 Å². The van der Waals surface area contributed by atoms with Crippen LogP contribution in [0.2, 0.25) is 0 Å². The van der Waals surface area contributed by atoms with E-state index in [1.165, 1.54) is 0 Å². The average Bonchev–Trinajstić information content (AvgIpc) is 1.85. The topological polar surface area (TPSA) is 72.6 Å². The first-order valence-corrected chi connectivity index (χ1v) is 3.22. The highest BCUT2D eigenvalue weighted by atomic mass is 16.6. The lowest BCUT2D eigenvalue weighted by molar-refractivity contribution is 0.0151. The molecule has 3 N–H and O–H groups in total. The molecule has 2 atom stereocenters. The maximum absolute atomic E-state index is 10.1. The molecule has 4 heteroatoms. The Labute approximate surface area is 60.0 Å². The van der Waals surface area contributed by atoms with Gasteiger partial charge in [0.1, 0.15) is 6.10 Å². The Bertz CT molecular complexity index is 116. The lowest BCUT2D eigenvalue weighted by Gasteiger charge is -2.15. The molecule has 0 fully saturated rings. The van der Waals surface area contributed by atoms with Crippen LogP contribution >= 0.6 is 0 Å². The number of rotatable bonds is 3. The van der Waals surface area contributed by atoms with Crippen molar-refractivity contribution in [1.82, 2.24) is 0 Å². The van der Waals surface area contributed by atoms with Crippen LogP contribution in [-0.4, -0.2) is 23.4 Å². The van der Waals surface area contributed by atoms with Crippen molar-refractivity contribution in [2.24, 2.45) is 5.73 Å². The zero-order valence-electron chi connectivity index (χ0n) is 6.20. The van der Waals surface area contributed by atoms with E-state index >= 15 is 0 Å². The van der Waals surface area contributed by atoms with Gasteiger partial charge in [-0.25, -0.2) is 4.79 Å². The number of aliphatic hydroxyl groups is 1.